The Labute approximate surface area is 466 Å². The van der Waals surface area contributed by atoms with E-state index in [0.717, 1.165) is 0 Å². The van der Waals surface area contributed by atoms with Gasteiger partial charge in [0.05, 0.1) is 0 Å². The van der Waals surface area contributed by atoms with Gasteiger partial charge in [0, 0.05) is 336 Å². The van der Waals surface area contributed by atoms with Crippen LogP contribution in [0.1, 0.15) is 0 Å². The summed E-state index contributed by atoms with van der Waals surface area (Å²) in [5, 5.41) is 0. The maximum absolute atomic E-state index is 0. The SMILES string of the molecule is O.O.O.O.O.O.O.O.O.O.O.O.O.O.O.O.O.O.O.[CH3-].[CH3-].[Hf].[Hf].[Hf].[Hf].[Hf].[Hf].[Hf].[Hf].[Hf].[Hf].[Hf].[Hf].[Hf].[OH3+].[OH3+].[OH3+].[OH3+]. The molecule has 0 amide bonds. The minimum Gasteiger partial charge on any atom is -0.457 e. The van der Waals surface area contributed by atoms with Crippen LogP contribution < -0.4 is 0 Å². The molecule has 36 heteroatoms. The zero-order valence-corrected chi connectivity index (χ0v) is 67.0. The molecule has 0 bridgehead atoms. The second-order valence-electron chi connectivity index (χ2n) is 0. The van der Waals surface area contributed by atoms with E-state index in [4.69, 9.17) is 0 Å². The molecule has 0 unspecified atom stereocenters. The molecule has 38 heavy (non-hydrogen) atoms. The van der Waals surface area contributed by atoms with Gasteiger partial charge in [-0.2, -0.15) is 0 Å². The van der Waals surface area contributed by atoms with Gasteiger partial charge in [0.2, 0.25) is 0 Å². The predicted molar refractivity (Wildman–Crippen MR) is 101 cm³/mol. The van der Waals surface area contributed by atoms with Gasteiger partial charge in [0.25, 0.3) is 0 Å². The van der Waals surface area contributed by atoms with E-state index in [2.05, 4.69) is 0 Å². The Morgan fingerprint density at radius 3 is 0.105 bits per heavy atom. The molecule has 23 nitrogen and oxygen atoms in total. The van der Waals surface area contributed by atoms with Crippen LogP contribution in [0.5, 0.6) is 0 Å². The maximum atomic E-state index is 0. The quantitative estimate of drug-likeness (QED) is 0.124. The third-order valence-electron chi connectivity index (χ3n) is 0. The molecule has 0 atom stereocenters. The van der Waals surface area contributed by atoms with E-state index in [1.165, 1.54) is 0 Å². The molecule has 0 spiro atoms. The van der Waals surface area contributed by atoms with E-state index >= 15 is 0 Å². The Kier molecular flexibility index (Phi) is 25000. The summed E-state index contributed by atoms with van der Waals surface area (Å²) in [6.07, 6.45) is 0. The van der Waals surface area contributed by atoms with Gasteiger partial charge in [0.1, 0.15) is 0 Å². The first-order valence-corrected chi connectivity index (χ1v) is 0. The van der Waals surface area contributed by atoms with Crippen molar-refractivity contribution >= 4 is 0 Å². The van der Waals surface area contributed by atoms with Gasteiger partial charge in [-0.1, -0.05) is 0 Å². The summed E-state index contributed by atoms with van der Waals surface area (Å²) in [6.45, 7) is 0. The van der Waals surface area contributed by atoms with Crippen molar-refractivity contribution in [2.24, 2.45) is 0 Å². The molecule has 0 aromatic heterocycles. The summed E-state index contributed by atoms with van der Waals surface area (Å²) in [4.78, 5) is 0. The molecule has 50 N–H and O–H groups in total. The van der Waals surface area contributed by atoms with Gasteiger partial charge in [-0.05, 0) is 0 Å². The molecule has 0 heterocycles. The summed E-state index contributed by atoms with van der Waals surface area (Å²) >= 11 is 0. The van der Waals surface area contributed by atoms with Gasteiger partial charge >= 0.3 is 0 Å². The van der Waals surface area contributed by atoms with Crippen LogP contribution in [0, 0.1) is 14.9 Å². The minimum absolute atomic E-state index is 0. The smallest absolute Gasteiger partial charge is 0 e. The number of hydrogen-bond acceptors (Lipinski definition) is 0. The molecule has 0 saturated heterocycles. The third kappa shape index (κ3) is 885. The van der Waals surface area contributed by atoms with Crippen LogP contribution in [0.4, 0.5) is 0 Å². The van der Waals surface area contributed by atoms with Crippen LogP contribution in [0.15, 0.2) is 0 Å². The van der Waals surface area contributed by atoms with E-state index in [1.54, 1.807) is 0 Å². The molecule has 0 fully saturated rings. The topological polar surface area (TPSA) is 730 Å². The van der Waals surface area contributed by atoms with Crippen molar-refractivity contribution in [3.63, 3.8) is 0 Å². The van der Waals surface area contributed by atoms with Gasteiger partial charge < -0.3 is 141 Å². The summed E-state index contributed by atoms with van der Waals surface area (Å²) < 4.78 is 0. The molecule has 0 rings (SSSR count). The van der Waals surface area contributed by atoms with Crippen LogP contribution in [-0.2, 0) is 358 Å². The molecule has 0 saturated carbocycles. The van der Waals surface area contributed by atoms with Crippen molar-refractivity contribution in [3.05, 3.63) is 14.9 Å². The Balaban J connectivity index is 0. The fraction of sp³-hybridized carbons (Fsp3) is 0. The van der Waals surface area contributed by atoms with E-state index in [1.807, 2.05) is 0 Å². The molecule has 0 aliphatic carbocycles. The van der Waals surface area contributed by atoms with Crippen LogP contribution in [-0.4, -0.2) is 104 Å². The number of rotatable bonds is 0. The van der Waals surface area contributed by atoms with Crippen LogP contribution in [0.3, 0.4) is 0 Å². The minimum atomic E-state index is 0. The van der Waals surface area contributed by atoms with Crippen molar-refractivity contribution in [1.82, 2.24) is 0 Å². The standard InChI is InChI=1S/2CH3.13Hf.23H2O/h2*1H3;;;;;;;;;;;;;;23*1H2/q2*-1;;;;;;;;;;;;;;;;;;;;;;;;;;;;;;;;;;;;/p+4. The van der Waals surface area contributed by atoms with E-state index in [-0.39, 0.29) is 477 Å². The summed E-state index contributed by atoms with van der Waals surface area (Å²) in [6, 6.07) is 0. The Morgan fingerprint density at radius 1 is 0.105 bits per heavy atom. The van der Waals surface area contributed by atoms with Gasteiger partial charge in [-0.3, -0.25) is 0 Å². The van der Waals surface area contributed by atoms with Crippen molar-refractivity contribution < 1.29 is 462 Å². The first-order valence-electron chi connectivity index (χ1n) is 0. The largest absolute Gasteiger partial charge is 0.457 e. The van der Waals surface area contributed by atoms with E-state index < -0.39 is 0 Å². The van der Waals surface area contributed by atoms with E-state index in [0.29, 0.717) is 0 Å². The Bertz CT molecular complexity index is 45.3. The van der Waals surface area contributed by atoms with E-state index in [9.17, 15) is 0 Å². The van der Waals surface area contributed by atoms with Crippen LogP contribution >= 0.6 is 0 Å². The van der Waals surface area contributed by atoms with Gasteiger partial charge in [-0.15, -0.1) is 0 Å². The monoisotopic (exact) mass is 2790 g/mol. The maximum Gasteiger partial charge on any atom is 0 e. The Morgan fingerprint density at radius 2 is 0.105 bits per heavy atom. The molecule has 0 aliphatic rings. The molecule has 252 valence electrons. The second-order valence-corrected chi connectivity index (χ2v) is 0. The zero-order valence-electron chi connectivity index (χ0n) is 20.3. The Hall–Kier alpha value is 10.4. The first-order chi connectivity index (χ1) is 0. The number of hydrogen-bond donors (Lipinski definition) is 0. The fourth-order valence-electron chi connectivity index (χ4n) is 0. The molecular weight excluding hydrogens is 2710 g/mol. The zero-order chi connectivity index (χ0) is 0. The van der Waals surface area contributed by atoms with Crippen molar-refractivity contribution in [1.29, 1.82) is 0 Å². The average Bonchev–Trinajstić information content (AvgIpc) is 0. The van der Waals surface area contributed by atoms with Gasteiger partial charge in [0.15, 0.2) is 0 Å². The van der Waals surface area contributed by atoms with Crippen molar-refractivity contribution in [2.75, 3.05) is 0 Å². The third-order valence-corrected chi connectivity index (χ3v) is 0. The second kappa shape index (κ2) is 945. The van der Waals surface area contributed by atoms with Crippen LogP contribution in [0.2, 0.25) is 0 Å². The normalized spacial score (nSPS) is 0. The predicted octanol–water partition coefficient (Wildman–Crippen LogP) is -18.5. The molecule has 0 aliphatic heterocycles. The molecule has 0 aromatic carbocycles. The summed E-state index contributed by atoms with van der Waals surface area (Å²) in [5.74, 6) is 0. The van der Waals surface area contributed by atoms with Crippen molar-refractivity contribution in [3.8, 4) is 0 Å². The molecule has 0 radical (unpaired) electrons. The fourth-order valence-corrected chi connectivity index (χ4v) is 0. The summed E-state index contributed by atoms with van der Waals surface area (Å²) in [5.41, 5.74) is 0. The molecular formula is C2H56Hf13O23+2. The van der Waals surface area contributed by atoms with Crippen LogP contribution in [0.25, 0.3) is 0 Å². The molecule has 0 aromatic rings. The average molecular weight is 2770 g/mol. The van der Waals surface area contributed by atoms with Crippen molar-refractivity contribution in [2.45, 2.75) is 0 Å². The van der Waals surface area contributed by atoms with Gasteiger partial charge in [-0.25, -0.2) is 0 Å². The summed E-state index contributed by atoms with van der Waals surface area (Å²) in [7, 11) is 0. The first kappa shape index (κ1) is 1010.